The van der Waals surface area contributed by atoms with Gasteiger partial charge in [0.2, 0.25) is 5.91 Å². The zero-order valence-electron chi connectivity index (χ0n) is 10.5. The smallest absolute Gasteiger partial charge is 0.222 e. The fourth-order valence-electron chi connectivity index (χ4n) is 2.64. The summed E-state index contributed by atoms with van der Waals surface area (Å²) in [7, 11) is 0. The molecule has 2 fully saturated rings. The van der Waals surface area contributed by atoms with Crippen LogP contribution in [-0.4, -0.2) is 53.8 Å². The molecule has 0 spiro atoms. The first-order valence-corrected chi connectivity index (χ1v) is 7.98. The van der Waals surface area contributed by atoms with Gasteiger partial charge in [-0.05, 0) is 31.7 Å². The molecule has 0 aromatic heterocycles. The van der Waals surface area contributed by atoms with Gasteiger partial charge in [-0.25, -0.2) is 0 Å². The Kier molecular flexibility index (Phi) is 5.29. The van der Waals surface area contributed by atoms with Crippen molar-refractivity contribution in [3.05, 3.63) is 0 Å². The van der Waals surface area contributed by atoms with Crippen molar-refractivity contribution in [3.8, 4) is 0 Å². The van der Waals surface area contributed by atoms with Crippen molar-refractivity contribution in [2.45, 2.75) is 32.1 Å². The van der Waals surface area contributed by atoms with E-state index in [9.17, 15) is 4.79 Å². The van der Waals surface area contributed by atoms with Gasteiger partial charge in [0.25, 0.3) is 0 Å². The molecule has 1 saturated carbocycles. The van der Waals surface area contributed by atoms with Crippen LogP contribution in [0, 0.1) is 5.92 Å². The minimum atomic E-state index is 0.399. The maximum absolute atomic E-state index is 12.1. The third-order valence-corrected chi connectivity index (χ3v) is 4.38. The van der Waals surface area contributed by atoms with Crippen LogP contribution in [0.5, 0.6) is 0 Å². The molecule has 0 atom stereocenters. The van der Waals surface area contributed by atoms with Crippen LogP contribution in [0.15, 0.2) is 0 Å². The molecular formula is C13H23BrN2O. The normalized spacial score (nSPS) is 23.2. The van der Waals surface area contributed by atoms with E-state index >= 15 is 0 Å². The fraction of sp³-hybridized carbons (Fsp3) is 0.923. The third kappa shape index (κ3) is 3.95. The molecule has 3 nitrogen and oxygen atoms in total. The van der Waals surface area contributed by atoms with E-state index in [4.69, 9.17) is 0 Å². The van der Waals surface area contributed by atoms with Crippen molar-refractivity contribution in [2.24, 2.45) is 5.92 Å². The summed E-state index contributed by atoms with van der Waals surface area (Å²) >= 11 is 3.48. The summed E-state index contributed by atoms with van der Waals surface area (Å²) in [5.74, 6) is 1.10. The molecule has 1 aliphatic heterocycles. The highest BCUT2D eigenvalue weighted by Gasteiger charge is 2.25. The highest BCUT2D eigenvalue weighted by atomic mass is 79.9. The minimum absolute atomic E-state index is 0.399. The predicted octanol–water partition coefficient (Wildman–Crippen LogP) is 2.11. The first kappa shape index (κ1) is 13.3. The Labute approximate surface area is 113 Å². The number of hydrogen-bond acceptors (Lipinski definition) is 2. The Hall–Kier alpha value is -0.0900. The highest BCUT2D eigenvalue weighted by molar-refractivity contribution is 9.09. The van der Waals surface area contributed by atoms with E-state index in [2.05, 4.69) is 25.7 Å². The van der Waals surface area contributed by atoms with Crippen molar-refractivity contribution in [3.63, 3.8) is 0 Å². The summed E-state index contributed by atoms with van der Waals surface area (Å²) in [6.07, 6.45) is 5.81. The Morgan fingerprint density at radius 2 is 1.94 bits per heavy atom. The zero-order valence-corrected chi connectivity index (χ0v) is 12.1. The number of carbonyl (C=O) groups is 1. The van der Waals surface area contributed by atoms with E-state index in [-0.39, 0.29) is 0 Å². The molecule has 0 unspecified atom stereocenters. The van der Waals surface area contributed by atoms with Gasteiger partial charge < -0.3 is 9.80 Å². The van der Waals surface area contributed by atoms with Gasteiger partial charge in [0.1, 0.15) is 0 Å². The van der Waals surface area contributed by atoms with Gasteiger partial charge in [0.15, 0.2) is 0 Å². The lowest BCUT2D eigenvalue weighted by atomic mass is 9.82. The van der Waals surface area contributed by atoms with Gasteiger partial charge in [-0.15, -0.1) is 0 Å². The lowest BCUT2D eigenvalue weighted by Crippen LogP contribution is -2.37. The quantitative estimate of drug-likeness (QED) is 0.743. The molecule has 1 aliphatic carbocycles. The molecule has 0 bridgehead atoms. The molecule has 2 aliphatic rings. The van der Waals surface area contributed by atoms with Gasteiger partial charge in [-0.3, -0.25) is 4.79 Å². The first-order valence-electron chi connectivity index (χ1n) is 6.85. The molecule has 2 rings (SSSR count). The molecule has 0 aromatic rings. The molecule has 98 valence electrons. The summed E-state index contributed by atoms with van der Waals surface area (Å²) in [6, 6.07) is 0. The lowest BCUT2D eigenvalue weighted by molar-refractivity contribution is -0.132. The Morgan fingerprint density at radius 1 is 1.12 bits per heavy atom. The number of halogens is 1. The second kappa shape index (κ2) is 6.74. The van der Waals surface area contributed by atoms with Crippen molar-refractivity contribution in [1.29, 1.82) is 0 Å². The number of carbonyl (C=O) groups excluding carboxylic acids is 1. The summed E-state index contributed by atoms with van der Waals surface area (Å²) in [5.41, 5.74) is 0. The number of amides is 1. The van der Waals surface area contributed by atoms with Crippen molar-refractivity contribution < 1.29 is 4.79 Å². The monoisotopic (exact) mass is 302 g/mol. The standard InChI is InChI=1S/C13H23BrN2O/c14-5-8-15-6-2-7-16(10-9-15)13(17)11-12-3-1-4-12/h12H,1-11H2. The highest BCUT2D eigenvalue weighted by Crippen LogP contribution is 2.29. The van der Waals surface area contributed by atoms with E-state index in [0.717, 1.165) is 50.9 Å². The van der Waals surface area contributed by atoms with Gasteiger partial charge in [0.05, 0.1) is 0 Å². The molecule has 4 heteroatoms. The van der Waals surface area contributed by atoms with E-state index in [0.29, 0.717) is 11.8 Å². The molecule has 1 amide bonds. The van der Waals surface area contributed by atoms with E-state index < -0.39 is 0 Å². The second-order valence-electron chi connectivity index (χ2n) is 5.27. The Morgan fingerprint density at radius 3 is 2.59 bits per heavy atom. The van der Waals surface area contributed by atoms with Gasteiger partial charge in [-0.2, -0.15) is 0 Å². The van der Waals surface area contributed by atoms with E-state index in [1.54, 1.807) is 0 Å². The number of rotatable bonds is 4. The number of nitrogens with zero attached hydrogens (tertiary/aromatic N) is 2. The van der Waals surface area contributed by atoms with Crippen LogP contribution in [-0.2, 0) is 4.79 Å². The molecule has 0 N–H and O–H groups in total. The van der Waals surface area contributed by atoms with Crippen molar-refractivity contribution >= 4 is 21.8 Å². The molecule has 1 heterocycles. The SMILES string of the molecule is O=C(CC1CCC1)N1CCCN(CCBr)CC1. The van der Waals surface area contributed by atoms with Crippen LogP contribution in [0.4, 0.5) is 0 Å². The minimum Gasteiger partial charge on any atom is -0.341 e. The van der Waals surface area contributed by atoms with Crippen LogP contribution >= 0.6 is 15.9 Å². The molecular weight excluding hydrogens is 280 g/mol. The van der Waals surface area contributed by atoms with Gasteiger partial charge in [0, 0.05) is 37.9 Å². The summed E-state index contributed by atoms with van der Waals surface area (Å²) < 4.78 is 0. The second-order valence-corrected chi connectivity index (χ2v) is 6.06. The van der Waals surface area contributed by atoms with Crippen LogP contribution in [0.2, 0.25) is 0 Å². The van der Waals surface area contributed by atoms with Crippen LogP contribution < -0.4 is 0 Å². The predicted molar refractivity (Wildman–Crippen MR) is 73.4 cm³/mol. The average molecular weight is 303 g/mol. The molecule has 0 radical (unpaired) electrons. The van der Waals surface area contributed by atoms with Crippen molar-refractivity contribution in [2.75, 3.05) is 38.1 Å². The fourth-order valence-corrected chi connectivity index (χ4v) is 3.14. The third-order valence-electron chi connectivity index (χ3n) is 4.03. The van der Waals surface area contributed by atoms with Crippen LogP contribution in [0.3, 0.4) is 0 Å². The Balaban J connectivity index is 1.74. The van der Waals surface area contributed by atoms with Crippen LogP contribution in [0.25, 0.3) is 0 Å². The van der Waals surface area contributed by atoms with E-state index in [1.165, 1.54) is 19.3 Å². The maximum Gasteiger partial charge on any atom is 0.222 e. The lowest BCUT2D eigenvalue weighted by Gasteiger charge is -2.28. The topological polar surface area (TPSA) is 23.6 Å². The molecule has 0 aromatic carbocycles. The van der Waals surface area contributed by atoms with Gasteiger partial charge in [-0.1, -0.05) is 22.4 Å². The maximum atomic E-state index is 12.1. The number of hydrogen-bond donors (Lipinski definition) is 0. The Bertz CT molecular complexity index is 256. The summed E-state index contributed by atoms with van der Waals surface area (Å²) in [6.45, 7) is 5.17. The van der Waals surface area contributed by atoms with Gasteiger partial charge >= 0.3 is 0 Å². The molecule has 1 saturated heterocycles. The van der Waals surface area contributed by atoms with Crippen molar-refractivity contribution in [1.82, 2.24) is 9.80 Å². The summed E-state index contributed by atoms with van der Waals surface area (Å²) in [5, 5.41) is 1.03. The summed E-state index contributed by atoms with van der Waals surface area (Å²) in [4.78, 5) is 16.7. The largest absolute Gasteiger partial charge is 0.341 e. The van der Waals surface area contributed by atoms with E-state index in [1.807, 2.05) is 0 Å². The number of alkyl halides is 1. The average Bonchev–Trinajstić information content (AvgIpc) is 2.49. The molecule has 17 heavy (non-hydrogen) atoms. The van der Waals surface area contributed by atoms with Crippen LogP contribution in [0.1, 0.15) is 32.1 Å². The first-order chi connectivity index (χ1) is 8.29. The zero-order chi connectivity index (χ0) is 12.1.